The summed E-state index contributed by atoms with van der Waals surface area (Å²) < 4.78 is 44.1. The lowest BCUT2D eigenvalue weighted by molar-refractivity contribution is -0.137. The highest BCUT2D eigenvalue weighted by atomic mass is 35.5. The van der Waals surface area contributed by atoms with Crippen LogP contribution in [0.1, 0.15) is 66.4 Å². The predicted octanol–water partition coefficient (Wildman–Crippen LogP) is 5.96. The maximum Gasteiger partial charge on any atom is 0.416 e. The summed E-state index contributed by atoms with van der Waals surface area (Å²) in [5.74, 6) is 1.54. The SMILES string of the molecule is NC(Cc1nc(C2(c3ccc(Cl)cc3)CCC2)no1)CN1CCC(c2ccc(C(F)(F)F)cc2)CC1. The Labute approximate surface area is 213 Å². The molecule has 1 aliphatic carbocycles. The van der Waals surface area contributed by atoms with Gasteiger partial charge in [0.1, 0.15) is 0 Å². The summed E-state index contributed by atoms with van der Waals surface area (Å²) in [5, 5.41) is 5.02. The van der Waals surface area contributed by atoms with E-state index in [4.69, 9.17) is 26.8 Å². The van der Waals surface area contributed by atoms with Gasteiger partial charge >= 0.3 is 6.18 Å². The predicted molar refractivity (Wildman–Crippen MR) is 132 cm³/mol. The van der Waals surface area contributed by atoms with Crippen LogP contribution in [0.2, 0.25) is 5.02 Å². The van der Waals surface area contributed by atoms with Crippen molar-refractivity contribution in [2.24, 2.45) is 5.73 Å². The topological polar surface area (TPSA) is 68.2 Å². The number of rotatable bonds is 7. The fourth-order valence-electron chi connectivity index (χ4n) is 5.49. The summed E-state index contributed by atoms with van der Waals surface area (Å²) in [4.78, 5) is 7.03. The van der Waals surface area contributed by atoms with Gasteiger partial charge in [-0.05, 0) is 80.1 Å². The number of nitrogens with two attached hydrogens (primary N) is 1. The van der Waals surface area contributed by atoms with Crippen molar-refractivity contribution in [3.8, 4) is 0 Å². The Morgan fingerprint density at radius 1 is 1.06 bits per heavy atom. The molecule has 2 heterocycles. The zero-order valence-corrected chi connectivity index (χ0v) is 20.7. The molecule has 0 bridgehead atoms. The van der Waals surface area contributed by atoms with Crippen molar-refractivity contribution in [3.05, 3.63) is 82.0 Å². The lowest BCUT2D eigenvalue weighted by Gasteiger charge is -2.39. The normalized spacial score (nSPS) is 19.7. The fraction of sp³-hybridized carbons (Fsp3) is 0.481. The summed E-state index contributed by atoms with van der Waals surface area (Å²) in [5.41, 5.74) is 7.75. The van der Waals surface area contributed by atoms with E-state index in [9.17, 15) is 13.2 Å². The van der Waals surface area contributed by atoms with E-state index in [0.717, 1.165) is 62.1 Å². The van der Waals surface area contributed by atoms with E-state index in [1.54, 1.807) is 12.1 Å². The molecule has 5 rings (SSSR count). The molecule has 2 aromatic carbocycles. The van der Waals surface area contributed by atoms with Crippen molar-refractivity contribution >= 4 is 11.6 Å². The lowest BCUT2D eigenvalue weighted by Crippen LogP contribution is -2.42. The second-order valence-electron chi connectivity index (χ2n) is 10.1. The average Bonchev–Trinajstić information content (AvgIpc) is 3.28. The monoisotopic (exact) mass is 518 g/mol. The molecule has 2 aliphatic rings. The Hall–Kier alpha value is -2.42. The molecule has 0 spiro atoms. The van der Waals surface area contributed by atoms with Gasteiger partial charge in [0.25, 0.3) is 0 Å². The number of hydrogen-bond acceptors (Lipinski definition) is 5. The van der Waals surface area contributed by atoms with Crippen LogP contribution in [0.25, 0.3) is 0 Å². The third-order valence-corrected chi connectivity index (χ3v) is 7.98. The molecule has 5 nitrogen and oxygen atoms in total. The number of aromatic nitrogens is 2. The Bertz CT molecular complexity index is 1150. The maximum absolute atomic E-state index is 12.8. The summed E-state index contributed by atoms with van der Waals surface area (Å²) in [6.07, 6.45) is 1.07. The van der Waals surface area contributed by atoms with Gasteiger partial charge in [0.2, 0.25) is 5.89 Å². The van der Waals surface area contributed by atoms with Crippen LogP contribution in [-0.2, 0) is 18.0 Å². The van der Waals surface area contributed by atoms with Gasteiger partial charge in [0, 0.05) is 24.0 Å². The molecule has 1 aromatic heterocycles. The van der Waals surface area contributed by atoms with E-state index < -0.39 is 11.7 Å². The molecule has 1 aliphatic heterocycles. The number of likely N-dealkylation sites (tertiary alicyclic amines) is 1. The number of alkyl halides is 3. The number of nitrogens with zero attached hydrogens (tertiary/aromatic N) is 3. The first-order valence-corrected chi connectivity index (χ1v) is 12.8. The van der Waals surface area contributed by atoms with Crippen molar-refractivity contribution in [3.63, 3.8) is 0 Å². The van der Waals surface area contributed by atoms with Crippen LogP contribution in [0, 0.1) is 0 Å². The van der Waals surface area contributed by atoms with Crippen LogP contribution >= 0.6 is 11.6 Å². The van der Waals surface area contributed by atoms with Crippen LogP contribution in [-0.4, -0.2) is 40.7 Å². The summed E-state index contributed by atoms with van der Waals surface area (Å²) >= 11 is 6.07. The van der Waals surface area contributed by atoms with E-state index >= 15 is 0 Å². The smallest absolute Gasteiger partial charge is 0.339 e. The first kappa shape index (κ1) is 25.2. The molecule has 1 unspecified atom stereocenters. The van der Waals surface area contributed by atoms with Crippen LogP contribution in [0.4, 0.5) is 13.2 Å². The van der Waals surface area contributed by atoms with E-state index in [1.807, 2.05) is 24.3 Å². The Balaban J connectivity index is 1.14. The third kappa shape index (κ3) is 5.31. The molecular formula is C27H30ClF3N4O. The standard InChI is InChI=1S/C27H30ClF3N4O/c28-22-8-6-20(7-9-22)26(12-1-13-26)25-33-24(36-34-25)16-23(32)17-35-14-10-19(11-15-35)18-2-4-21(5-3-18)27(29,30)31/h2-9,19,23H,1,10-17,32H2. The van der Waals surface area contributed by atoms with Gasteiger partial charge in [-0.25, -0.2) is 0 Å². The second-order valence-corrected chi connectivity index (χ2v) is 10.5. The van der Waals surface area contributed by atoms with Gasteiger partial charge in [0.15, 0.2) is 5.82 Å². The summed E-state index contributed by atoms with van der Waals surface area (Å²) in [7, 11) is 0. The minimum absolute atomic E-state index is 0.145. The zero-order chi connectivity index (χ0) is 25.3. The molecule has 9 heteroatoms. The average molecular weight is 519 g/mol. The first-order valence-electron chi connectivity index (χ1n) is 12.5. The summed E-state index contributed by atoms with van der Waals surface area (Å²) in [6, 6.07) is 13.3. The molecule has 1 saturated carbocycles. The lowest BCUT2D eigenvalue weighted by atomic mass is 9.64. The van der Waals surface area contributed by atoms with Crippen LogP contribution in [0.3, 0.4) is 0 Å². The van der Waals surface area contributed by atoms with Crippen LogP contribution < -0.4 is 5.73 Å². The van der Waals surface area contributed by atoms with Crippen LogP contribution in [0.15, 0.2) is 53.1 Å². The van der Waals surface area contributed by atoms with Gasteiger partial charge in [0.05, 0.1) is 11.0 Å². The minimum Gasteiger partial charge on any atom is -0.339 e. The van der Waals surface area contributed by atoms with Crippen molar-refractivity contribution in [1.29, 1.82) is 0 Å². The zero-order valence-electron chi connectivity index (χ0n) is 20.0. The molecule has 3 aromatic rings. The highest BCUT2D eigenvalue weighted by Crippen LogP contribution is 2.48. The largest absolute Gasteiger partial charge is 0.416 e. The van der Waals surface area contributed by atoms with Gasteiger partial charge in [-0.1, -0.05) is 47.4 Å². The number of piperidine rings is 1. The molecule has 2 fully saturated rings. The van der Waals surface area contributed by atoms with Crippen LogP contribution in [0.5, 0.6) is 0 Å². The molecule has 36 heavy (non-hydrogen) atoms. The molecule has 1 saturated heterocycles. The van der Waals surface area contributed by atoms with E-state index in [2.05, 4.69) is 10.1 Å². The maximum atomic E-state index is 12.8. The Kier molecular flexibility index (Phi) is 7.12. The minimum atomic E-state index is -4.30. The van der Waals surface area contributed by atoms with Crippen molar-refractivity contribution in [2.45, 2.75) is 62.1 Å². The molecule has 1 atom stereocenters. The highest BCUT2D eigenvalue weighted by Gasteiger charge is 2.44. The Morgan fingerprint density at radius 3 is 2.31 bits per heavy atom. The Morgan fingerprint density at radius 2 is 1.72 bits per heavy atom. The van der Waals surface area contributed by atoms with Crippen molar-refractivity contribution in [1.82, 2.24) is 15.0 Å². The third-order valence-electron chi connectivity index (χ3n) is 7.73. The quantitative estimate of drug-likeness (QED) is 0.418. The number of benzene rings is 2. The number of hydrogen-bond donors (Lipinski definition) is 1. The second kappa shape index (κ2) is 10.1. The molecule has 0 amide bonds. The molecular weight excluding hydrogens is 489 g/mol. The molecule has 2 N–H and O–H groups in total. The first-order chi connectivity index (χ1) is 17.2. The van der Waals surface area contributed by atoms with Gasteiger partial charge in [-0.15, -0.1) is 0 Å². The van der Waals surface area contributed by atoms with E-state index in [-0.39, 0.29) is 17.4 Å². The van der Waals surface area contributed by atoms with Crippen molar-refractivity contribution in [2.75, 3.05) is 19.6 Å². The van der Waals surface area contributed by atoms with E-state index in [1.165, 1.54) is 12.1 Å². The van der Waals surface area contributed by atoms with Gasteiger partial charge in [-0.2, -0.15) is 18.2 Å². The van der Waals surface area contributed by atoms with Gasteiger partial charge in [-0.3, -0.25) is 0 Å². The summed E-state index contributed by atoms with van der Waals surface area (Å²) in [6.45, 7) is 2.42. The molecule has 192 valence electrons. The molecule has 0 radical (unpaired) electrons. The van der Waals surface area contributed by atoms with Crippen molar-refractivity contribution < 1.29 is 17.7 Å². The fourth-order valence-corrected chi connectivity index (χ4v) is 5.61. The highest BCUT2D eigenvalue weighted by molar-refractivity contribution is 6.30. The van der Waals surface area contributed by atoms with Gasteiger partial charge < -0.3 is 15.2 Å². The number of halogens is 4. The van der Waals surface area contributed by atoms with E-state index in [0.29, 0.717) is 23.9 Å².